The van der Waals surface area contributed by atoms with Crippen LogP contribution in [0.25, 0.3) is 10.1 Å². The van der Waals surface area contributed by atoms with Crippen molar-refractivity contribution in [3.63, 3.8) is 0 Å². The van der Waals surface area contributed by atoms with Crippen LogP contribution in [0.2, 0.25) is 0 Å². The molecule has 0 bridgehead atoms. The van der Waals surface area contributed by atoms with Crippen LogP contribution in [-0.2, 0) is 6.54 Å². The molecule has 1 atom stereocenters. The number of aliphatic imine (C=N–C) groups is 1. The highest BCUT2D eigenvalue weighted by Crippen LogP contribution is 2.29. The summed E-state index contributed by atoms with van der Waals surface area (Å²) < 4.78 is 1.19. The molecule has 0 aliphatic carbocycles. The zero-order chi connectivity index (χ0) is 20.8. The van der Waals surface area contributed by atoms with Gasteiger partial charge in [-0.3, -0.25) is 0 Å². The molecular formula is C24H28N4OS. The molecule has 1 unspecified atom stereocenters. The standard InChI is InChI=1S/C24H28N4OS/c1-2-25-24(26-16-18-9-11-20(12-10-18)28-13-5-6-14-28)27-17-21(29)23-15-19-7-3-4-8-22(19)30-23/h3-12,15,21,29H,2,13-14,16-17H2,1H3,(H2,25,26,27). The number of aliphatic hydroxyl groups is 1. The summed E-state index contributed by atoms with van der Waals surface area (Å²) in [5.74, 6) is 0.713. The first-order valence-electron chi connectivity index (χ1n) is 10.4. The lowest BCUT2D eigenvalue weighted by molar-refractivity contribution is 0.184. The molecule has 3 N–H and O–H groups in total. The van der Waals surface area contributed by atoms with Crippen molar-refractivity contribution in [2.45, 2.75) is 19.6 Å². The third-order valence-corrected chi connectivity index (χ3v) is 6.34. The Hall–Kier alpha value is -2.83. The summed E-state index contributed by atoms with van der Waals surface area (Å²) in [5.41, 5.74) is 2.40. The lowest BCUT2D eigenvalue weighted by Gasteiger charge is -2.17. The summed E-state index contributed by atoms with van der Waals surface area (Å²) in [6, 6.07) is 18.8. The molecule has 1 aromatic heterocycles. The number of thiophene rings is 1. The number of nitrogens with zero attached hydrogens (tertiary/aromatic N) is 2. The van der Waals surface area contributed by atoms with E-state index in [0.29, 0.717) is 19.0 Å². The topological polar surface area (TPSA) is 59.9 Å². The number of fused-ring (bicyclic) bond motifs is 1. The molecule has 1 aliphatic heterocycles. The van der Waals surface area contributed by atoms with E-state index in [4.69, 9.17) is 0 Å². The van der Waals surface area contributed by atoms with Crippen molar-refractivity contribution in [1.29, 1.82) is 0 Å². The molecule has 0 fully saturated rings. The van der Waals surface area contributed by atoms with Crippen molar-refractivity contribution in [3.05, 3.63) is 77.2 Å². The second kappa shape index (κ2) is 9.78. The summed E-state index contributed by atoms with van der Waals surface area (Å²) in [6.07, 6.45) is 3.82. The van der Waals surface area contributed by atoms with Crippen LogP contribution in [-0.4, -0.2) is 37.2 Å². The summed E-state index contributed by atoms with van der Waals surface area (Å²) in [6.45, 7) is 5.78. The van der Waals surface area contributed by atoms with Crippen LogP contribution in [0.4, 0.5) is 5.69 Å². The summed E-state index contributed by atoms with van der Waals surface area (Å²) in [4.78, 5) is 7.97. The van der Waals surface area contributed by atoms with Crippen LogP contribution < -0.4 is 15.5 Å². The predicted molar refractivity (Wildman–Crippen MR) is 127 cm³/mol. The Labute approximate surface area is 181 Å². The smallest absolute Gasteiger partial charge is 0.191 e. The maximum absolute atomic E-state index is 10.6. The van der Waals surface area contributed by atoms with Gasteiger partial charge in [-0.2, -0.15) is 0 Å². The molecule has 2 aromatic carbocycles. The number of nitrogens with one attached hydrogen (secondary N) is 2. The van der Waals surface area contributed by atoms with Crippen LogP contribution >= 0.6 is 11.3 Å². The van der Waals surface area contributed by atoms with E-state index in [9.17, 15) is 5.11 Å². The van der Waals surface area contributed by atoms with Crippen molar-refractivity contribution in [2.75, 3.05) is 31.1 Å². The van der Waals surface area contributed by atoms with Crippen LogP contribution in [0.15, 0.2) is 71.7 Å². The van der Waals surface area contributed by atoms with Crippen molar-refractivity contribution in [3.8, 4) is 0 Å². The van der Waals surface area contributed by atoms with Gasteiger partial charge in [0.05, 0.1) is 6.54 Å². The van der Waals surface area contributed by atoms with Crippen molar-refractivity contribution in [1.82, 2.24) is 10.6 Å². The molecule has 2 heterocycles. The second-order valence-corrected chi connectivity index (χ2v) is 8.44. The zero-order valence-corrected chi connectivity index (χ0v) is 18.0. The van der Waals surface area contributed by atoms with Crippen LogP contribution in [0.1, 0.15) is 23.5 Å². The number of benzene rings is 2. The van der Waals surface area contributed by atoms with Crippen LogP contribution in [0.5, 0.6) is 0 Å². The molecule has 0 saturated carbocycles. The van der Waals surface area contributed by atoms with Gasteiger partial charge >= 0.3 is 0 Å². The number of hydrogen-bond donors (Lipinski definition) is 3. The molecule has 0 radical (unpaired) electrons. The highest BCUT2D eigenvalue weighted by molar-refractivity contribution is 7.19. The highest BCUT2D eigenvalue weighted by Gasteiger charge is 2.12. The average molecular weight is 421 g/mol. The predicted octanol–water partition coefficient (Wildman–Crippen LogP) is 4.07. The lowest BCUT2D eigenvalue weighted by atomic mass is 10.2. The number of aliphatic hydroxyl groups excluding tert-OH is 1. The van der Waals surface area contributed by atoms with Crippen molar-refractivity contribution >= 4 is 33.1 Å². The molecule has 0 saturated heterocycles. The van der Waals surface area contributed by atoms with Gasteiger partial charge in [0.15, 0.2) is 5.96 Å². The Morgan fingerprint density at radius 1 is 1.10 bits per heavy atom. The number of anilines is 1. The van der Waals surface area contributed by atoms with Crippen LogP contribution in [0, 0.1) is 0 Å². The van der Waals surface area contributed by atoms with E-state index in [1.807, 2.05) is 19.1 Å². The SMILES string of the molecule is CCNC(=NCc1ccc(N2CC=CC2)cc1)NCC(O)c1cc2ccccc2s1. The Kier molecular flexibility index (Phi) is 6.67. The molecule has 5 nitrogen and oxygen atoms in total. The Balaban J connectivity index is 1.35. The third-order valence-electron chi connectivity index (χ3n) is 5.12. The van der Waals surface area contributed by atoms with E-state index >= 15 is 0 Å². The minimum atomic E-state index is -0.570. The van der Waals surface area contributed by atoms with Gasteiger partial charge < -0.3 is 20.6 Å². The monoisotopic (exact) mass is 420 g/mol. The minimum Gasteiger partial charge on any atom is -0.386 e. The summed E-state index contributed by atoms with van der Waals surface area (Å²) in [7, 11) is 0. The van der Waals surface area contributed by atoms with Gasteiger partial charge in [-0.1, -0.05) is 42.5 Å². The van der Waals surface area contributed by atoms with Gasteiger partial charge in [0.25, 0.3) is 0 Å². The highest BCUT2D eigenvalue weighted by atomic mass is 32.1. The van der Waals surface area contributed by atoms with E-state index < -0.39 is 6.10 Å². The second-order valence-electron chi connectivity index (χ2n) is 7.32. The van der Waals surface area contributed by atoms with Crippen molar-refractivity contribution in [2.24, 2.45) is 4.99 Å². The van der Waals surface area contributed by atoms with Gasteiger partial charge in [-0.05, 0) is 42.1 Å². The van der Waals surface area contributed by atoms with Crippen LogP contribution in [0.3, 0.4) is 0 Å². The molecule has 156 valence electrons. The fraction of sp³-hybridized carbons (Fsp3) is 0.292. The quantitative estimate of drug-likeness (QED) is 0.306. The minimum absolute atomic E-state index is 0.416. The molecule has 0 spiro atoms. The molecule has 1 aliphatic rings. The molecular weight excluding hydrogens is 392 g/mol. The molecule has 0 amide bonds. The number of rotatable bonds is 7. The summed E-state index contributed by atoms with van der Waals surface area (Å²) >= 11 is 1.63. The average Bonchev–Trinajstić information content (AvgIpc) is 3.46. The molecule has 30 heavy (non-hydrogen) atoms. The van der Waals surface area contributed by atoms with Gasteiger partial charge in [-0.15, -0.1) is 11.3 Å². The fourth-order valence-electron chi connectivity index (χ4n) is 3.47. The summed E-state index contributed by atoms with van der Waals surface area (Å²) in [5, 5.41) is 18.3. The van der Waals surface area contributed by atoms with E-state index in [-0.39, 0.29) is 0 Å². The molecule has 6 heteroatoms. The Morgan fingerprint density at radius 2 is 1.87 bits per heavy atom. The first-order valence-corrected chi connectivity index (χ1v) is 11.2. The fourth-order valence-corrected chi connectivity index (χ4v) is 4.52. The number of hydrogen-bond acceptors (Lipinski definition) is 4. The largest absolute Gasteiger partial charge is 0.386 e. The maximum Gasteiger partial charge on any atom is 0.191 e. The first-order chi connectivity index (χ1) is 14.7. The van der Waals surface area contributed by atoms with E-state index in [0.717, 1.165) is 30.1 Å². The van der Waals surface area contributed by atoms with E-state index in [1.54, 1.807) is 11.3 Å². The van der Waals surface area contributed by atoms with Gasteiger partial charge in [-0.25, -0.2) is 4.99 Å². The van der Waals surface area contributed by atoms with Gasteiger partial charge in [0.1, 0.15) is 6.10 Å². The van der Waals surface area contributed by atoms with Gasteiger partial charge in [0.2, 0.25) is 0 Å². The third kappa shape index (κ3) is 5.01. The zero-order valence-electron chi connectivity index (χ0n) is 17.2. The Bertz CT molecular complexity index is 984. The van der Waals surface area contributed by atoms with E-state index in [2.05, 4.69) is 75.1 Å². The molecule has 4 rings (SSSR count). The lowest BCUT2D eigenvalue weighted by Crippen LogP contribution is -2.39. The molecule has 3 aromatic rings. The van der Waals surface area contributed by atoms with Gasteiger partial charge in [0, 0.05) is 41.4 Å². The Morgan fingerprint density at radius 3 is 2.60 bits per heavy atom. The first kappa shape index (κ1) is 20.4. The number of guanidine groups is 1. The normalized spacial score (nSPS) is 15.0. The van der Waals surface area contributed by atoms with E-state index in [1.165, 1.54) is 15.8 Å². The maximum atomic E-state index is 10.6. The van der Waals surface area contributed by atoms with Crippen molar-refractivity contribution < 1.29 is 5.11 Å².